The Morgan fingerprint density at radius 1 is 1.19 bits per heavy atom. The summed E-state index contributed by atoms with van der Waals surface area (Å²) in [5.41, 5.74) is 0.505. The quantitative estimate of drug-likeness (QED) is 0.340. The van der Waals surface area contributed by atoms with Crippen molar-refractivity contribution in [2.24, 2.45) is 0 Å². The summed E-state index contributed by atoms with van der Waals surface area (Å²) in [7, 11) is 0. The first-order valence-corrected chi connectivity index (χ1v) is 10.4. The highest BCUT2D eigenvalue weighted by Crippen LogP contribution is 2.28. The van der Waals surface area contributed by atoms with Gasteiger partial charge in [0.05, 0.1) is 11.6 Å². The van der Waals surface area contributed by atoms with Crippen LogP contribution >= 0.6 is 27.5 Å². The molecule has 6 nitrogen and oxygen atoms in total. The molecule has 0 radical (unpaired) electrons. The Morgan fingerprint density at radius 3 is 2.84 bits per heavy atom. The van der Waals surface area contributed by atoms with Gasteiger partial charge >= 0.3 is 0 Å². The van der Waals surface area contributed by atoms with E-state index in [9.17, 15) is 9.18 Å². The summed E-state index contributed by atoms with van der Waals surface area (Å²) in [6, 6.07) is 16.6. The van der Waals surface area contributed by atoms with Crippen molar-refractivity contribution in [2.45, 2.75) is 13.2 Å². The molecule has 0 spiro atoms. The fraction of sp³-hybridized carbons (Fsp3) is 0.0909. The molecule has 4 rings (SSSR count). The van der Waals surface area contributed by atoms with E-state index in [0.717, 1.165) is 4.47 Å². The van der Waals surface area contributed by atoms with Crippen LogP contribution in [0.3, 0.4) is 0 Å². The molecule has 31 heavy (non-hydrogen) atoms. The number of rotatable bonds is 7. The Morgan fingerprint density at radius 2 is 2.03 bits per heavy atom. The number of ether oxygens (including phenoxy) is 1. The van der Waals surface area contributed by atoms with Crippen molar-refractivity contribution in [2.75, 3.05) is 5.32 Å². The van der Waals surface area contributed by atoms with Crippen molar-refractivity contribution in [3.8, 4) is 5.75 Å². The molecule has 0 saturated carbocycles. The number of furan rings is 1. The molecule has 0 aliphatic carbocycles. The Bertz CT molecular complexity index is 1220. The van der Waals surface area contributed by atoms with Crippen LogP contribution in [-0.2, 0) is 13.2 Å². The van der Waals surface area contributed by atoms with Crippen LogP contribution in [0.1, 0.15) is 21.9 Å². The maximum atomic E-state index is 13.8. The molecule has 9 heteroatoms. The maximum absolute atomic E-state index is 13.8. The zero-order valence-electron chi connectivity index (χ0n) is 16.0. The molecule has 1 amide bonds. The lowest BCUT2D eigenvalue weighted by Crippen LogP contribution is -2.12. The molecule has 2 aromatic carbocycles. The summed E-state index contributed by atoms with van der Waals surface area (Å²) in [6.07, 6.45) is 1.66. The second-order valence-electron chi connectivity index (χ2n) is 6.57. The first-order valence-electron chi connectivity index (χ1n) is 9.23. The number of anilines is 1. The fourth-order valence-electron chi connectivity index (χ4n) is 2.81. The SMILES string of the molecule is O=C(Nc1ccn(Cc2ccccc2F)n1)c1ccc(COc2ccc(Br)cc2Cl)o1. The summed E-state index contributed by atoms with van der Waals surface area (Å²) in [4.78, 5) is 12.4. The van der Waals surface area contributed by atoms with Gasteiger partial charge in [-0.1, -0.05) is 45.7 Å². The van der Waals surface area contributed by atoms with Crippen LogP contribution in [0.5, 0.6) is 5.75 Å². The number of hydrogen-bond acceptors (Lipinski definition) is 4. The number of benzene rings is 2. The van der Waals surface area contributed by atoms with Crippen LogP contribution in [0.4, 0.5) is 10.2 Å². The Kier molecular flexibility index (Phi) is 6.39. The van der Waals surface area contributed by atoms with E-state index in [4.69, 9.17) is 20.8 Å². The van der Waals surface area contributed by atoms with Crippen LogP contribution in [0.2, 0.25) is 5.02 Å². The average molecular weight is 505 g/mol. The van der Waals surface area contributed by atoms with Gasteiger partial charge < -0.3 is 14.5 Å². The minimum absolute atomic E-state index is 0.115. The molecular weight excluding hydrogens is 489 g/mol. The van der Waals surface area contributed by atoms with Crippen LogP contribution < -0.4 is 10.1 Å². The Hall–Kier alpha value is -3.10. The first-order chi connectivity index (χ1) is 15.0. The lowest BCUT2D eigenvalue weighted by Gasteiger charge is -2.06. The molecule has 4 aromatic rings. The van der Waals surface area contributed by atoms with E-state index in [2.05, 4.69) is 26.3 Å². The molecule has 2 aromatic heterocycles. The van der Waals surface area contributed by atoms with Gasteiger partial charge in [0.1, 0.15) is 23.9 Å². The Balaban J connectivity index is 1.35. The molecule has 0 atom stereocenters. The highest BCUT2D eigenvalue weighted by molar-refractivity contribution is 9.10. The molecule has 0 aliphatic rings. The van der Waals surface area contributed by atoms with Gasteiger partial charge in [0, 0.05) is 22.3 Å². The van der Waals surface area contributed by atoms with Gasteiger partial charge in [-0.3, -0.25) is 9.48 Å². The van der Waals surface area contributed by atoms with Gasteiger partial charge in [0.2, 0.25) is 0 Å². The fourth-order valence-corrected chi connectivity index (χ4v) is 3.54. The minimum atomic E-state index is -0.455. The standard InChI is InChI=1S/C22H16BrClFN3O3/c23-15-5-7-19(17(24)11-15)30-13-16-6-8-20(31-16)22(29)26-21-9-10-28(27-21)12-14-3-1-2-4-18(14)25/h1-11H,12-13H2,(H,26,27,29). The number of amides is 1. The minimum Gasteiger partial charge on any atom is -0.484 e. The molecular formula is C22H16BrClFN3O3. The lowest BCUT2D eigenvalue weighted by atomic mass is 10.2. The number of nitrogens with zero attached hydrogens (tertiary/aromatic N) is 2. The van der Waals surface area contributed by atoms with Crippen molar-refractivity contribution < 1.29 is 18.3 Å². The van der Waals surface area contributed by atoms with E-state index in [0.29, 0.717) is 27.9 Å². The van der Waals surface area contributed by atoms with Gasteiger partial charge in [-0.25, -0.2) is 4.39 Å². The summed E-state index contributed by atoms with van der Waals surface area (Å²) < 4.78 is 27.4. The van der Waals surface area contributed by atoms with Gasteiger partial charge in [-0.05, 0) is 36.4 Å². The second-order valence-corrected chi connectivity index (χ2v) is 7.90. The molecule has 0 aliphatic heterocycles. The molecule has 0 fully saturated rings. The molecule has 2 heterocycles. The molecule has 158 valence electrons. The van der Waals surface area contributed by atoms with Gasteiger partial charge in [-0.2, -0.15) is 5.10 Å². The molecule has 1 N–H and O–H groups in total. The van der Waals surface area contributed by atoms with E-state index < -0.39 is 5.91 Å². The lowest BCUT2D eigenvalue weighted by molar-refractivity contribution is 0.0992. The predicted octanol–water partition coefficient (Wildman–Crippen LogP) is 5.91. The van der Waals surface area contributed by atoms with Crippen molar-refractivity contribution in [3.05, 3.63) is 99.3 Å². The largest absolute Gasteiger partial charge is 0.484 e. The van der Waals surface area contributed by atoms with E-state index in [1.54, 1.807) is 54.7 Å². The molecule has 0 saturated heterocycles. The van der Waals surface area contributed by atoms with Crippen LogP contribution in [0.25, 0.3) is 0 Å². The smallest absolute Gasteiger partial charge is 0.292 e. The number of nitrogens with one attached hydrogen (secondary N) is 1. The number of halogens is 3. The highest BCUT2D eigenvalue weighted by Gasteiger charge is 2.14. The second kappa shape index (κ2) is 9.36. The summed E-state index contributed by atoms with van der Waals surface area (Å²) in [5, 5.41) is 7.36. The van der Waals surface area contributed by atoms with Crippen molar-refractivity contribution >= 4 is 39.3 Å². The average Bonchev–Trinajstić information content (AvgIpc) is 3.39. The summed E-state index contributed by atoms with van der Waals surface area (Å²) in [6.45, 7) is 0.370. The zero-order valence-corrected chi connectivity index (χ0v) is 18.4. The molecule has 0 unspecified atom stereocenters. The molecule has 0 bridgehead atoms. The van der Waals surface area contributed by atoms with Crippen molar-refractivity contribution in [1.29, 1.82) is 0 Å². The summed E-state index contributed by atoms with van der Waals surface area (Å²) in [5.74, 6) is 0.658. The van der Waals surface area contributed by atoms with Crippen LogP contribution in [0, 0.1) is 5.82 Å². The Labute approximate surface area is 190 Å². The third-order valence-electron chi connectivity index (χ3n) is 4.32. The van der Waals surface area contributed by atoms with Crippen LogP contribution in [-0.4, -0.2) is 15.7 Å². The van der Waals surface area contributed by atoms with Gasteiger partial charge in [0.25, 0.3) is 5.91 Å². The van der Waals surface area contributed by atoms with E-state index >= 15 is 0 Å². The van der Waals surface area contributed by atoms with Crippen molar-refractivity contribution in [1.82, 2.24) is 9.78 Å². The third kappa shape index (κ3) is 5.34. The van der Waals surface area contributed by atoms with Crippen molar-refractivity contribution in [3.63, 3.8) is 0 Å². The van der Waals surface area contributed by atoms with E-state index in [-0.39, 0.29) is 24.7 Å². The van der Waals surface area contributed by atoms with Crippen LogP contribution in [0.15, 0.2) is 75.8 Å². The first kappa shape index (κ1) is 21.1. The summed E-state index contributed by atoms with van der Waals surface area (Å²) >= 11 is 9.46. The van der Waals surface area contributed by atoms with E-state index in [1.807, 2.05) is 6.07 Å². The zero-order chi connectivity index (χ0) is 21.8. The third-order valence-corrected chi connectivity index (χ3v) is 5.11. The normalized spacial score (nSPS) is 10.8. The predicted molar refractivity (Wildman–Crippen MR) is 118 cm³/mol. The number of carbonyl (C=O) groups excluding carboxylic acids is 1. The topological polar surface area (TPSA) is 69.3 Å². The number of hydrogen-bond donors (Lipinski definition) is 1. The van der Waals surface area contributed by atoms with Gasteiger partial charge in [0.15, 0.2) is 11.6 Å². The number of carbonyl (C=O) groups is 1. The van der Waals surface area contributed by atoms with E-state index in [1.165, 1.54) is 10.7 Å². The number of aromatic nitrogens is 2. The monoisotopic (exact) mass is 503 g/mol. The maximum Gasteiger partial charge on any atom is 0.292 e. The highest BCUT2D eigenvalue weighted by atomic mass is 79.9. The van der Waals surface area contributed by atoms with Gasteiger partial charge in [-0.15, -0.1) is 0 Å².